The van der Waals surface area contributed by atoms with E-state index in [1.54, 1.807) is 11.8 Å². The maximum Gasteiger partial charge on any atom is 0.258 e. The predicted octanol–water partition coefficient (Wildman–Crippen LogP) is 3.04. The van der Waals surface area contributed by atoms with E-state index >= 15 is 0 Å². The number of ether oxygens (including phenoxy) is 1. The van der Waals surface area contributed by atoms with Crippen molar-refractivity contribution in [2.45, 2.75) is 38.4 Å². The first-order valence-electron chi connectivity index (χ1n) is 10.7. The van der Waals surface area contributed by atoms with Gasteiger partial charge in [-0.15, -0.1) is 0 Å². The van der Waals surface area contributed by atoms with Crippen molar-refractivity contribution in [1.82, 2.24) is 25.1 Å². The van der Waals surface area contributed by atoms with Crippen molar-refractivity contribution >= 4 is 34.5 Å². The molecule has 3 heterocycles. The average molecular weight is 441 g/mol. The van der Waals surface area contributed by atoms with Crippen LogP contribution in [0.3, 0.4) is 0 Å². The van der Waals surface area contributed by atoms with E-state index in [-0.39, 0.29) is 12.5 Å². The van der Waals surface area contributed by atoms with Crippen molar-refractivity contribution in [3.05, 3.63) is 36.0 Å². The zero-order chi connectivity index (χ0) is 21.6. The Balaban J connectivity index is 1.39. The molecule has 4 rings (SSSR count). The lowest BCUT2D eigenvalue weighted by Gasteiger charge is -2.17. The molecule has 0 unspecified atom stereocenters. The Hall–Kier alpha value is -2.81. The second-order valence-electron chi connectivity index (χ2n) is 7.52. The Labute approximate surface area is 186 Å². The van der Waals surface area contributed by atoms with Gasteiger partial charge >= 0.3 is 0 Å². The molecule has 0 spiro atoms. The number of nitrogens with zero attached hydrogens (tertiary/aromatic N) is 5. The summed E-state index contributed by atoms with van der Waals surface area (Å²) in [5, 5.41) is 9.16. The first kappa shape index (κ1) is 21.4. The topological polar surface area (TPSA) is 85.2 Å². The maximum atomic E-state index is 12.2. The van der Waals surface area contributed by atoms with Gasteiger partial charge in [-0.05, 0) is 43.2 Å². The minimum Gasteiger partial charge on any atom is -0.484 e. The largest absolute Gasteiger partial charge is 0.484 e. The normalized spacial score (nSPS) is 13.7. The van der Waals surface area contributed by atoms with Crippen LogP contribution in [0.2, 0.25) is 0 Å². The molecule has 0 radical (unpaired) electrons. The third-order valence-corrected chi connectivity index (χ3v) is 5.87. The Morgan fingerprint density at radius 3 is 2.87 bits per heavy atom. The summed E-state index contributed by atoms with van der Waals surface area (Å²) in [6.07, 6.45) is 4.21. The molecule has 1 N–H and O–H groups in total. The zero-order valence-corrected chi connectivity index (χ0v) is 18.8. The van der Waals surface area contributed by atoms with Crippen molar-refractivity contribution in [2.24, 2.45) is 0 Å². The molecule has 0 atom stereocenters. The van der Waals surface area contributed by atoms with Gasteiger partial charge in [-0.2, -0.15) is 5.10 Å². The number of hydrogen-bond donors (Lipinski definition) is 1. The molecule has 1 aliphatic rings. The molecule has 1 aromatic carbocycles. The Morgan fingerprint density at radius 1 is 1.26 bits per heavy atom. The van der Waals surface area contributed by atoms with Gasteiger partial charge in [0.05, 0.1) is 18.1 Å². The number of nitrogens with one attached hydrogen (secondary N) is 1. The highest BCUT2D eigenvalue weighted by Gasteiger charge is 2.20. The average Bonchev–Trinajstić information content (AvgIpc) is 3.43. The fourth-order valence-corrected chi connectivity index (χ4v) is 4.21. The molecule has 3 aromatic rings. The molecule has 9 heteroatoms. The Kier molecular flexibility index (Phi) is 6.91. The SMILES string of the molecule is CCSc1nc(N2CCCC2)c2cnn(CCNC(=O)COc3cccc(C)c3)c2n1. The molecule has 1 aliphatic heterocycles. The van der Waals surface area contributed by atoms with Crippen LogP contribution in [0, 0.1) is 6.92 Å². The number of carbonyl (C=O) groups excluding carboxylic acids is 1. The van der Waals surface area contributed by atoms with E-state index in [0.29, 0.717) is 18.8 Å². The lowest BCUT2D eigenvalue weighted by Crippen LogP contribution is -2.31. The molecule has 1 saturated heterocycles. The number of amides is 1. The van der Waals surface area contributed by atoms with Crippen LogP contribution >= 0.6 is 11.8 Å². The summed E-state index contributed by atoms with van der Waals surface area (Å²) in [7, 11) is 0. The Bertz CT molecular complexity index is 1050. The van der Waals surface area contributed by atoms with Crippen molar-refractivity contribution in [3.8, 4) is 5.75 Å². The van der Waals surface area contributed by atoms with E-state index in [1.807, 2.05) is 42.1 Å². The first-order valence-corrected chi connectivity index (χ1v) is 11.7. The van der Waals surface area contributed by atoms with Gasteiger partial charge in [0.2, 0.25) is 0 Å². The fourth-order valence-electron chi connectivity index (χ4n) is 3.65. The summed E-state index contributed by atoms with van der Waals surface area (Å²) in [5.74, 6) is 2.42. The number of hydrogen-bond acceptors (Lipinski definition) is 7. The van der Waals surface area contributed by atoms with Crippen LogP contribution in [0.5, 0.6) is 5.75 Å². The summed E-state index contributed by atoms with van der Waals surface area (Å²) in [6.45, 7) is 7.10. The number of aromatic nitrogens is 4. The van der Waals surface area contributed by atoms with Crippen LogP contribution in [-0.2, 0) is 11.3 Å². The van der Waals surface area contributed by atoms with Gasteiger partial charge in [-0.25, -0.2) is 14.6 Å². The quantitative estimate of drug-likeness (QED) is 0.404. The van der Waals surface area contributed by atoms with Gasteiger partial charge in [0.15, 0.2) is 17.4 Å². The van der Waals surface area contributed by atoms with Gasteiger partial charge in [0, 0.05) is 19.6 Å². The number of carbonyl (C=O) groups is 1. The molecule has 2 aromatic heterocycles. The minimum atomic E-state index is -0.160. The maximum absolute atomic E-state index is 12.2. The van der Waals surface area contributed by atoms with Gasteiger partial charge < -0.3 is 15.0 Å². The second-order valence-corrected chi connectivity index (χ2v) is 8.75. The van der Waals surface area contributed by atoms with Crippen LogP contribution in [0.25, 0.3) is 11.0 Å². The molecule has 31 heavy (non-hydrogen) atoms. The van der Waals surface area contributed by atoms with Crippen LogP contribution in [0.1, 0.15) is 25.3 Å². The van der Waals surface area contributed by atoms with E-state index in [9.17, 15) is 4.79 Å². The lowest BCUT2D eigenvalue weighted by molar-refractivity contribution is -0.123. The summed E-state index contributed by atoms with van der Waals surface area (Å²) in [4.78, 5) is 24.0. The number of anilines is 1. The second kappa shape index (κ2) is 10.00. The van der Waals surface area contributed by atoms with Crippen molar-refractivity contribution in [1.29, 1.82) is 0 Å². The number of thioether (sulfide) groups is 1. The molecule has 1 fully saturated rings. The monoisotopic (exact) mass is 440 g/mol. The minimum absolute atomic E-state index is 0.0120. The van der Waals surface area contributed by atoms with Crippen LogP contribution < -0.4 is 15.0 Å². The van der Waals surface area contributed by atoms with Gasteiger partial charge in [0.1, 0.15) is 11.6 Å². The zero-order valence-electron chi connectivity index (χ0n) is 18.0. The van der Waals surface area contributed by atoms with Crippen LogP contribution in [0.4, 0.5) is 5.82 Å². The third-order valence-electron chi connectivity index (χ3n) is 5.14. The number of aryl methyl sites for hydroxylation is 1. The van der Waals surface area contributed by atoms with Gasteiger partial charge in [-0.3, -0.25) is 4.79 Å². The van der Waals surface area contributed by atoms with E-state index in [4.69, 9.17) is 14.7 Å². The Morgan fingerprint density at radius 2 is 2.10 bits per heavy atom. The molecular weight excluding hydrogens is 412 g/mol. The van der Waals surface area contributed by atoms with E-state index in [1.165, 1.54) is 12.8 Å². The molecule has 0 bridgehead atoms. The summed E-state index contributed by atoms with van der Waals surface area (Å²) in [5.41, 5.74) is 1.91. The van der Waals surface area contributed by atoms with Crippen molar-refractivity contribution in [3.63, 3.8) is 0 Å². The highest BCUT2D eigenvalue weighted by molar-refractivity contribution is 7.99. The van der Waals surface area contributed by atoms with Gasteiger partial charge in [0.25, 0.3) is 5.91 Å². The van der Waals surface area contributed by atoms with Crippen LogP contribution in [0.15, 0.2) is 35.6 Å². The molecule has 0 aliphatic carbocycles. The number of rotatable bonds is 9. The summed E-state index contributed by atoms with van der Waals surface area (Å²) < 4.78 is 7.40. The van der Waals surface area contributed by atoms with Crippen molar-refractivity contribution in [2.75, 3.05) is 36.9 Å². The van der Waals surface area contributed by atoms with E-state index in [2.05, 4.69) is 22.2 Å². The molecular formula is C22H28N6O2S. The molecule has 8 nitrogen and oxygen atoms in total. The summed E-state index contributed by atoms with van der Waals surface area (Å²) in [6, 6.07) is 7.66. The third kappa shape index (κ3) is 5.28. The fraction of sp³-hybridized carbons (Fsp3) is 0.455. The number of fused-ring (bicyclic) bond motifs is 1. The molecule has 1 amide bonds. The highest BCUT2D eigenvalue weighted by Crippen LogP contribution is 2.29. The number of benzene rings is 1. The highest BCUT2D eigenvalue weighted by atomic mass is 32.2. The molecule has 164 valence electrons. The van der Waals surface area contributed by atoms with Crippen molar-refractivity contribution < 1.29 is 9.53 Å². The molecule has 0 saturated carbocycles. The van der Waals surface area contributed by atoms with Gasteiger partial charge in [-0.1, -0.05) is 30.8 Å². The smallest absolute Gasteiger partial charge is 0.258 e. The lowest BCUT2D eigenvalue weighted by atomic mass is 10.2. The van der Waals surface area contributed by atoms with Crippen LogP contribution in [-0.4, -0.2) is 57.6 Å². The van der Waals surface area contributed by atoms with E-state index < -0.39 is 0 Å². The van der Waals surface area contributed by atoms with E-state index in [0.717, 1.165) is 46.4 Å². The predicted molar refractivity (Wildman–Crippen MR) is 123 cm³/mol. The standard InChI is InChI=1S/C22H28N6O2S/c1-3-31-22-25-20(27-10-4-5-11-27)18-14-24-28(21(18)26-22)12-9-23-19(29)15-30-17-8-6-7-16(2)13-17/h6-8,13-14H,3-5,9-12,15H2,1-2H3,(H,23,29). The first-order chi connectivity index (χ1) is 15.1. The summed E-state index contributed by atoms with van der Waals surface area (Å²) >= 11 is 1.63.